The van der Waals surface area contributed by atoms with Crippen molar-refractivity contribution in [2.24, 2.45) is 0 Å². The summed E-state index contributed by atoms with van der Waals surface area (Å²) in [6.07, 6.45) is -4.31. The van der Waals surface area contributed by atoms with Crippen LogP contribution in [0.5, 0.6) is 0 Å². The molecule has 0 amide bonds. The molecule has 0 spiro atoms. The molecule has 0 aliphatic carbocycles. The number of hydrogen-bond acceptors (Lipinski definition) is 9. The first-order valence-electron chi connectivity index (χ1n) is 6.99. The van der Waals surface area contributed by atoms with Crippen LogP contribution < -0.4 is 5.56 Å². The van der Waals surface area contributed by atoms with E-state index in [1.165, 1.54) is 4.57 Å². The Morgan fingerprint density at radius 2 is 2.08 bits per heavy atom. The summed E-state index contributed by atoms with van der Waals surface area (Å²) in [5.41, 5.74) is -0.680. The third kappa shape index (κ3) is 3.49. The Kier molecular flexibility index (Phi) is 4.74. The first kappa shape index (κ1) is 18.1. The second-order valence-electron chi connectivity index (χ2n) is 5.33. The summed E-state index contributed by atoms with van der Waals surface area (Å²) in [6.45, 7) is -1.20. The van der Waals surface area contributed by atoms with E-state index in [0.29, 0.717) is 0 Å². The molecule has 0 radical (unpaired) electrons. The molecule has 0 aromatic carbocycles. The lowest BCUT2D eigenvalue weighted by molar-refractivity contribution is -0.0504. The number of imidazole rings is 1. The number of nitrogens with one attached hydrogen (secondary N) is 1. The van der Waals surface area contributed by atoms with Crippen molar-refractivity contribution in [2.75, 3.05) is 6.61 Å². The van der Waals surface area contributed by atoms with Gasteiger partial charge in [-0.2, -0.15) is 0 Å². The molecule has 3 heterocycles. The van der Waals surface area contributed by atoms with Crippen LogP contribution in [-0.2, 0) is 20.4 Å². The fourth-order valence-corrected chi connectivity index (χ4v) is 2.84. The number of H-pyrrole nitrogens is 1. The molecule has 1 saturated heterocycles. The summed E-state index contributed by atoms with van der Waals surface area (Å²) in [5.74, 6) is -0.0336. The van der Waals surface area contributed by atoms with Crippen molar-refractivity contribution < 1.29 is 38.9 Å². The molecule has 0 bridgehead atoms. The Labute approximate surface area is 138 Å². The molecule has 13 nitrogen and oxygen atoms in total. The average Bonchev–Trinajstić information content (AvgIpc) is 3.08. The second-order valence-corrected chi connectivity index (χ2v) is 6.57. The number of aromatic nitrogens is 4. The highest BCUT2D eigenvalue weighted by Crippen LogP contribution is 2.38. The number of aromatic amines is 1. The number of nitrogens with zero attached hydrogens (tertiary/aromatic N) is 3. The van der Waals surface area contributed by atoms with E-state index in [1.54, 1.807) is 0 Å². The van der Waals surface area contributed by atoms with Crippen molar-refractivity contribution >= 4 is 19.0 Å². The van der Waals surface area contributed by atoms with Crippen molar-refractivity contribution in [2.45, 2.75) is 31.1 Å². The first-order chi connectivity index (χ1) is 11.7. The molecule has 2 aromatic heterocycles. The maximum atomic E-state index is 11.9. The van der Waals surface area contributed by atoms with Crippen LogP contribution >= 0.6 is 7.82 Å². The van der Waals surface area contributed by atoms with Gasteiger partial charge in [0.05, 0.1) is 12.9 Å². The van der Waals surface area contributed by atoms with Crippen molar-refractivity contribution in [3.63, 3.8) is 0 Å². The Hall–Kier alpha value is -1.70. The molecule has 138 valence electrons. The van der Waals surface area contributed by atoms with E-state index < -0.39 is 51.1 Å². The lowest BCUT2D eigenvalue weighted by Crippen LogP contribution is -2.33. The van der Waals surface area contributed by atoms with Gasteiger partial charge in [-0.1, -0.05) is 0 Å². The Bertz CT molecular complexity index is 876. The lowest BCUT2D eigenvalue weighted by atomic mass is 10.1. The van der Waals surface area contributed by atoms with Gasteiger partial charge in [-0.25, -0.2) is 14.5 Å². The van der Waals surface area contributed by atoms with E-state index in [-0.39, 0.29) is 17.0 Å². The second kappa shape index (κ2) is 6.55. The number of hydrogen-bond donors (Lipinski definition) is 6. The number of phosphoric acid groups is 1. The Balaban J connectivity index is 1.91. The van der Waals surface area contributed by atoms with Crippen molar-refractivity contribution in [1.82, 2.24) is 19.5 Å². The minimum Gasteiger partial charge on any atom is -0.388 e. The van der Waals surface area contributed by atoms with Gasteiger partial charge in [-0.15, -0.1) is 0 Å². The van der Waals surface area contributed by atoms with Gasteiger partial charge in [0.2, 0.25) is 0 Å². The summed E-state index contributed by atoms with van der Waals surface area (Å²) in [7, 11) is -4.78. The zero-order valence-corrected chi connectivity index (χ0v) is 13.4. The maximum absolute atomic E-state index is 11.9. The van der Waals surface area contributed by atoms with Crippen LogP contribution in [0.15, 0.2) is 11.1 Å². The summed E-state index contributed by atoms with van der Waals surface area (Å²) >= 11 is 0. The van der Waals surface area contributed by atoms with Crippen molar-refractivity contribution in [1.29, 1.82) is 0 Å². The van der Waals surface area contributed by atoms with Crippen LogP contribution in [0.1, 0.15) is 12.1 Å². The first-order valence-corrected chi connectivity index (χ1v) is 8.52. The molecule has 1 aliphatic rings. The highest BCUT2D eigenvalue weighted by Gasteiger charge is 2.45. The summed E-state index contributed by atoms with van der Waals surface area (Å²) in [4.78, 5) is 39.5. The lowest BCUT2D eigenvalue weighted by Gasteiger charge is -2.16. The topological polar surface area (TPSA) is 200 Å². The number of fused-ring (bicyclic) bond motifs is 1. The fraction of sp³-hybridized carbons (Fsp3) is 0.545. The molecule has 1 aliphatic heterocycles. The maximum Gasteiger partial charge on any atom is 0.469 e. The van der Waals surface area contributed by atoms with Gasteiger partial charge in [-0.05, 0) is 0 Å². The monoisotopic (exact) mass is 378 g/mol. The zero-order valence-electron chi connectivity index (χ0n) is 12.5. The van der Waals surface area contributed by atoms with E-state index >= 15 is 0 Å². The third-order valence-corrected chi connectivity index (χ3v) is 4.13. The smallest absolute Gasteiger partial charge is 0.388 e. The van der Waals surface area contributed by atoms with E-state index in [1.807, 2.05) is 0 Å². The Morgan fingerprint density at radius 1 is 1.36 bits per heavy atom. The number of aliphatic hydroxyl groups excluding tert-OH is 3. The van der Waals surface area contributed by atoms with Crippen LogP contribution in [-0.4, -0.2) is 69.5 Å². The number of phosphoric ester groups is 1. The summed E-state index contributed by atoms with van der Waals surface area (Å²) in [5, 5.41) is 29.3. The average molecular weight is 378 g/mol. The van der Waals surface area contributed by atoms with Crippen LogP contribution in [0.25, 0.3) is 11.2 Å². The van der Waals surface area contributed by atoms with Crippen LogP contribution in [0.4, 0.5) is 0 Å². The number of rotatable bonds is 5. The van der Waals surface area contributed by atoms with Gasteiger partial charge < -0.3 is 34.8 Å². The summed E-state index contributed by atoms with van der Waals surface area (Å²) < 4.78 is 21.6. The minimum atomic E-state index is -4.78. The molecule has 25 heavy (non-hydrogen) atoms. The number of ether oxygens (including phenoxy) is 1. The highest BCUT2D eigenvalue weighted by molar-refractivity contribution is 7.46. The molecule has 2 aromatic rings. The van der Waals surface area contributed by atoms with Crippen LogP contribution in [0, 0.1) is 0 Å². The molecule has 0 saturated carbocycles. The molecule has 6 N–H and O–H groups in total. The van der Waals surface area contributed by atoms with Gasteiger partial charge >= 0.3 is 7.82 Å². The number of aliphatic hydroxyl groups is 3. The van der Waals surface area contributed by atoms with Crippen LogP contribution in [0.3, 0.4) is 0 Å². The van der Waals surface area contributed by atoms with Gasteiger partial charge in [0.25, 0.3) is 5.56 Å². The van der Waals surface area contributed by atoms with Gasteiger partial charge in [-0.3, -0.25) is 13.9 Å². The standard InChI is InChI=1S/C11H15N4O9P/c16-1-5-13-9-6(10(19)14-5)12-3-15(9)11-8(18)7(17)4(24-11)2-23-25(20,21)22/h3-4,7-8,11,16-18H,1-2H2,(H,13,14,19)(H2,20,21,22)/t4-,7-,8-,11-/m0/s1. The van der Waals surface area contributed by atoms with E-state index in [2.05, 4.69) is 19.5 Å². The quantitative estimate of drug-likeness (QED) is 0.297. The normalized spacial score (nSPS) is 27.2. The van der Waals surface area contributed by atoms with Gasteiger partial charge in [0, 0.05) is 0 Å². The van der Waals surface area contributed by atoms with Gasteiger partial charge in [0.1, 0.15) is 30.7 Å². The zero-order chi connectivity index (χ0) is 18.4. The summed E-state index contributed by atoms with van der Waals surface area (Å²) in [6, 6.07) is 0. The van der Waals surface area contributed by atoms with E-state index in [9.17, 15) is 19.6 Å². The molecule has 4 atom stereocenters. The molecule has 3 rings (SSSR count). The SMILES string of the molecule is O=c1[nH]c(CO)nc2c1ncn2[C@H]1O[C@@H](COP(=O)(O)O)[C@H](O)[C@@H]1O. The Morgan fingerprint density at radius 3 is 2.72 bits per heavy atom. The van der Waals surface area contributed by atoms with Crippen LogP contribution in [0.2, 0.25) is 0 Å². The molecule has 14 heteroatoms. The molecular formula is C11H15N4O9P. The molecule has 1 fully saturated rings. The third-order valence-electron chi connectivity index (χ3n) is 3.65. The predicted octanol–water partition coefficient (Wildman–Crippen LogP) is -2.66. The molecular weight excluding hydrogens is 363 g/mol. The minimum absolute atomic E-state index is 0.000562. The van der Waals surface area contributed by atoms with Gasteiger partial charge in [0.15, 0.2) is 17.4 Å². The van der Waals surface area contributed by atoms with Crippen molar-refractivity contribution in [3.8, 4) is 0 Å². The van der Waals surface area contributed by atoms with E-state index in [4.69, 9.17) is 19.6 Å². The highest BCUT2D eigenvalue weighted by atomic mass is 31.2. The predicted molar refractivity (Wildman–Crippen MR) is 78.0 cm³/mol. The van der Waals surface area contributed by atoms with Crippen molar-refractivity contribution in [3.05, 3.63) is 22.5 Å². The van der Waals surface area contributed by atoms with E-state index in [0.717, 1.165) is 6.33 Å². The largest absolute Gasteiger partial charge is 0.469 e. The fourth-order valence-electron chi connectivity index (χ4n) is 2.50. The molecule has 0 unspecified atom stereocenters.